The van der Waals surface area contributed by atoms with E-state index in [1.165, 1.54) is 0 Å². The van der Waals surface area contributed by atoms with E-state index in [1.807, 2.05) is 0 Å². The Kier molecular flexibility index (Phi) is 14.0. The molecule has 0 radical (unpaired) electrons. The van der Waals surface area contributed by atoms with Gasteiger partial charge in [0.1, 0.15) is 29.8 Å². The number of aliphatic hydroxyl groups excluding tert-OH is 10. The van der Waals surface area contributed by atoms with Crippen LogP contribution in [0.5, 0.6) is 0 Å². The minimum Gasteiger partial charge on any atom is -0.865 e. The van der Waals surface area contributed by atoms with Gasteiger partial charge in [-0.25, -0.2) is 14.4 Å². The van der Waals surface area contributed by atoms with Gasteiger partial charge in [0.2, 0.25) is 5.76 Å². The predicted octanol–water partition coefficient (Wildman–Crippen LogP) is -7.00. The second kappa shape index (κ2) is 15.0. The average Bonchev–Trinajstić information content (AvgIpc) is 3.40. The second-order valence-electron chi connectivity index (χ2n) is 6.89. The summed E-state index contributed by atoms with van der Waals surface area (Å²) >= 11 is 0. The van der Waals surface area contributed by atoms with Crippen LogP contribution in [0, 0.1) is 0 Å². The van der Waals surface area contributed by atoms with Crippen molar-refractivity contribution in [1.82, 2.24) is 0 Å². The molecule has 37 heavy (non-hydrogen) atoms. The summed E-state index contributed by atoms with van der Waals surface area (Å²) in [6.07, 6.45) is -8.54. The fraction of sp³-hybridized carbons (Fsp3) is 0.500. The Morgan fingerprint density at radius 2 is 0.865 bits per heavy atom. The van der Waals surface area contributed by atoms with Crippen molar-refractivity contribution < 1.29 is 89.9 Å². The first-order valence-electron chi connectivity index (χ1n) is 9.55. The fourth-order valence-electron chi connectivity index (χ4n) is 2.45. The van der Waals surface area contributed by atoms with Crippen LogP contribution in [-0.4, -0.2) is 163 Å². The van der Waals surface area contributed by atoms with E-state index in [0.29, 0.717) is 0 Å². The first kappa shape index (κ1) is 34.4. The van der Waals surface area contributed by atoms with Crippen molar-refractivity contribution in [2.45, 2.75) is 36.6 Å². The third-order valence-corrected chi connectivity index (χ3v) is 4.39. The maximum atomic E-state index is 10.6. The number of rotatable bonds is 6. The number of hydrogen-bond acceptors (Lipinski definition) is 18. The number of hydrogen-bond donors (Lipinski definition) is 10. The Morgan fingerprint density at radius 3 is 1.05 bits per heavy atom. The smallest absolute Gasteiger partial charge is 0.865 e. The van der Waals surface area contributed by atoms with Gasteiger partial charge in [0.05, 0.1) is 19.8 Å². The maximum Gasteiger partial charge on any atom is 2.00 e. The van der Waals surface area contributed by atoms with E-state index in [0.717, 1.165) is 0 Å². The summed E-state index contributed by atoms with van der Waals surface area (Å²) in [5, 5.41) is 109. The van der Waals surface area contributed by atoms with Crippen LogP contribution in [0.2, 0.25) is 0 Å². The number of esters is 3. The fourth-order valence-corrected chi connectivity index (χ4v) is 2.45. The zero-order chi connectivity index (χ0) is 27.9. The number of cyclic esters (lactones) is 3. The standard InChI is InChI=1S/3C6H8O6.Ca/c3*7-1-2(8)5-3(9)4(10)6(11)12-5;/h3*2,5,7-10H,1H2;/q;;;+2/p-2/t3*2?,5-;/m111./s1. The maximum absolute atomic E-state index is 10.6. The molecule has 0 bridgehead atoms. The molecule has 18 nitrogen and oxygen atoms in total. The third kappa shape index (κ3) is 8.22. The van der Waals surface area contributed by atoms with E-state index in [2.05, 4.69) is 14.2 Å². The Bertz CT molecular complexity index is 822. The largest absolute Gasteiger partial charge is 2.00 e. The summed E-state index contributed by atoms with van der Waals surface area (Å²) in [4.78, 5) is 31.5. The molecule has 0 amide bonds. The molecule has 0 saturated carbocycles. The normalized spacial score (nSPS) is 25.1. The molecule has 0 spiro atoms. The monoisotopic (exact) mass is 566 g/mol. The van der Waals surface area contributed by atoms with Crippen LogP contribution in [0.15, 0.2) is 34.6 Å². The molecule has 19 heteroatoms. The van der Waals surface area contributed by atoms with Crippen LogP contribution in [0.25, 0.3) is 0 Å². The van der Waals surface area contributed by atoms with Gasteiger partial charge in [0.15, 0.2) is 24.1 Å². The van der Waals surface area contributed by atoms with Crippen molar-refractivity contribution in [2.75, 3.05) is 19.8 Å². The predicted molar refractivity (Wildman–Crippen MR) is 106 cm³/mol. The summed E-state index contributed by atoms with van der Waals surface area (Å²) in [7, 11) is 0. The summed E-state index contributed by atoms with van der Waals surface area (Å²) in [6.45, 7) is -2.07. The van der Waals surface area contributed by atoms with Crippen molar-refractivity contribution in [2.24, 2.45) is 0 Å². The van der Waals surface area contributed by atoms with Crippen molar-refractivity contribution in [3.63, 3.8) is 0 Å². The van der Waals surface area contributed by atoms with Crippen molar-refractivity contribution in [1.29, 1.82) is 0 Å². The first-order chi connectivity index (χ1) is 16.7. The van der Waals surface area contributed by atoms with Crippen LogP contribution >= 0.6 is 0 Å². The molecule has 0 saturated heterocycles. The SMILES string of the molecule is O=C1O[C@H](C(O)CO)C(O)=C1O.O=C1O[C@H](C(O)CO)C(O)=C1[O-].O=C1O[C@H](C(O)CO)C(O)=C1[O-].[Ca+2]. The van der Waals surface area contributed by atoms with E-state index in [1.54, 1.807) is 0 Å². The molecule has 3 rings (SSSR count). The van der Waals surface area contributed by atoms with Gasteiger partial charge in [0.25, 0.3) is 0 Å². The van der Waals surface area contributed by atoms with Crippen LogP contribution in [0.3, 0.4) is 0 Å². The van der Waals surface area contributed by atoms with Crippen LogP contribution < -0.4 is 10.2 Å². The van der Waals surface area contributed by atoms with Crippen molar-refractivity contribution in [3.05, 3.63) is 34.6 Å². The van der Waals surface area contributed by atoms with Gasteiger partial charge in [-0.2, -0.15) is 0 Å². The van der Waals surface area contributed by atoms with Crippen LogP contribution in [-0.2, 0) is 28.6 Å². The molecule has 0 aliphatic carbocycles. The van der Waals surface area contributed by atoms with Crippen LogP contribution in [0.4, 0.5) is 0 Å². The molecule has 204 valence electrons. The van der Waals surface area contributed by atoms with Gasteiger partial charge >= 0.3 is 55.6 Å². The Morgan fingerprint density at radius 1 is 0.595 bits per heavy atom. The van der Waals surface area contributed by atoms with Crippen molar-refractivity contribution >= 4 is 55.6 Å². The minimum absolute atomic E-state index is 0. The Hall–Kier alpha value is -2.55. The molecule has 3 aliphatic rings. The average molecular weight is 566 g/mol. The number of ether oxygens (including phenoxy) is 3. The molecular formula is C18H22CaO18. The van der Waals surface area contributed by atoms with E-state index in [-0.39, 0.29) is 37.7 Å². The van der Waals surface area contributed by atoms with E-state index < -0.39 is 109 Å². The summed E-state index contributed by atoms with van der Waals surface area (Å²) in [5.74, 6) is -9.28. The zero-order valence-electron chi connectivity index (χ0n) is 18.5. The Balaban J connectivity index is 0.000000518. The molecule has 3 heterocycles. The molecule has 0 aromatic carbocycles. The van der Waals surface area contributed by atoms with Gasteiger partial charge in [-0.05, 0) is 0 Å². The molecule has 0 aromatic heterocycles. The van der Waals surface area contributed by atoms with Crippen LogP contribution in [0.1, 0.15) is 0 Å². The zero-order valence-corrected chi connectivity index (χ0v) is 20.7. The number of aliphatic hydroxyl groups is 10. The van der Waals surface area contributed by atoms with Gasteiger partial charge in [-0.15, -0.1) is 0 Å². The first-order valence-corrected chi connectivity index (χ1v) is 9.55. The van der Waals surface area contributed by atoms with Gasteiger partial charge in [-0.3, -0.25) is 0 Å². The molecule has 10 N–H and O–H groups in total. The molecule has 3 unspecified atom stereocenters. The second-order valence-corrected chi connectivity index (χ2v) is 6.89. The molecule has 0 fully saturated rings. The van der Waals surface area contributed by atoms with Crippen molar-refractivity contribution in [3.8, 4) is 0 Å². The quantitative estimate of drug-likeness (QED) is 0.0810. The minimum atomic E-state index is -1.46. The Labute approximate surface area is 235 Å². The number of carbonyl (C=O) groups is 3. The summed E-state index contributed by atoms with van der Waals surface area (Å²) in [5.41, 5.74) is 0. The van der Waals surface area contributed by atoms with E-state index >= 15 is 0 Å². The van der Waals surface area contributed by atoms with E-state index in [4.69, 9.17) is 51.1 Å². The molecule has 3 aliphatic heterocycles. The van der Waals surface area contributed by atoms with Gasteiger partial charge in [-0.1, -0.05) is 0 Å². The molecular weight excluding hydrogens is 544 g/mol. The third-order valence-electron chi connectivity index (χ3n) is 4.39. The summed E-state index contributed by atoms with van der Waals surface area (Å²) < 4.78 is 12.8. The summed E-state index contributed by atoms with van der Waals surface area (Å²) in [6, 6.07) is 0. The van der Waals surface area contributed by atoms with Gasteiger partial charge in [0, 0.05) is 11.5 Å². The molecule has 0 aromatic rings. The van der Waals surface area contributed by atoms with E-state index in [9.17, 15) is 24.6 Å². The molecule has 6 atom stereocenters. The topological polar surface area (TPSA) is 327 Å². The number of carbonyl (C=O) groups excluding carboxylic acids is 3. The van der Waals surface area contributed by atoms with Gasteiger partial charge < -0.3 is 75.5 Å².